The molecule has 1 fully saturated rings. The van der Waals surface area contributed by atoms with E-state index in [4.69, 9.17) is 4.74 Å². The zero-order valence-electron chi connectivity index (χ0n) is 19.6. The second kappa shape index (κ2) is 10.3. The predicted octanol–water partition coefficient (Wildman–Crippen LogP) is 4.95. The minimum atomic E-state index is -4.63. The summed E-state index contributed by atoms with van der Waals surface area (Å²) in [6.07, 6.45) is -1.89. The fourth-order valence-electron chi connectivity index (χ4n) is 4.64. The Morgan fingerprint density at radius 3 is 2.14 bits per heavy atom. The lowest BCUT2D eigenvalue weighted by atomic mass is 9.70. The van der Waals surface area contributed by atoms with Crippen LogP contribution in [0.1, 0.15) is 30.1 Å². The van der Waals surface area contributed by atoms with E-state index in [9.17, 15) is 27.2 Å². The molecule has 2 N–H and O–H groups in total. The molecule has 2 heterocycles. The molecule has 2 aromatic rings. The van der Waals surface area contributed by atoms with Crippen LogP contribution in [0, 0.1) is 11.2 Å². The van der Waals surface area contributed by atoms with Gasteiger partial charge in [-0.25, -0.2) is 4.39 Å². The summed E-state index contributed by atoms with van der Waals surface area (Å²) in [6.45, 7) is 2.67. The summed E-state index contributed by atoms with van der Waals surface area (Å²) in [5.74, 6) is -1.60. The maximum atomic E-state index is 13.6. The third-order valence-electron chi connectivity index (χ3n) is 6.57. The van der Waals surface area contributed by atoms with Gasteiger partial charge in [0, 0.05) is 5.56 Å². The van der Waals surface area contributed by atoms with Crippen LogP contribution in [0.25, 0.3) is 11.1 Å². The Hall–Kier alpha value is -3.46. The predicted molar refractivity (Wildman–Crippen MR) is 126 cm³/mol. The summed E-state index contributed by atoms with van der Waals surface area (Å²) in [5.41, 5.74) is 0.291. The van der Waals surface area contributed by atoms with Crippen molar-refractivity contribution in [1.29, 1.82) is 0 Å². The first-order valence-corrected chi connectivity index (χ1v) is 11.7. The Labute approximate surface area is 206 Å². The van der Waals surface area contributed by atoms with Gasteiger partial charge in [-0.05, 0) is 61.7 Å². The molecule has 5 nitrogen and oxygen atoms in total. The number of esters is 1. The number of Topliss-reactive ketones (excluding diaryl/α,β-unsaturated/α-hetero) is 1. The Morgan fingerprint density at radius 2 is 1.58 bits per heavy atom. The molecule has 2 aliphatic heterocycles. The van der Waals surface area contributed by atoms with Crippen molar-refractivity contribution in [2.24, 2.45) is 5.41 Å². The van der Waals surface area contributed by atoms with E-state index in [1.165, 1.54) is 30.3 Å². The number of nitrogens with one attached hydrogen (secondary N) is 2. The van der Waals surface area contributed by atoms with Gasteiger partial charge in [-0.1, -0.05) is 48.6 Å². The van der Waals surface area contributed by atoms with Crippen LogP contribution in [0.15, 0.2) is 72.0 Å². The number of piperidine rings is 1. The maximum Gasteiger partial charge on any atom is 0.412 e. The minimum absolute atomic E-state index is 0.109. The number of halogens is 4. The topological polar surface area (TPSA) is 67.4 Å². The first kappa shape index (κ1) is 25.6. The highest BCUT2D eigenvalue weighted by Crippen LogP contribution is 2.43. The first-order chi connectivity index (χ1) is 17.2. The third kappa shape index (κ3) is 5.06. The van der Waals surface area contributed by atoms with Gasteiger partial charge in [-0.15, -0.1) is 0 Å². The van der Waals surface area contributed by atoms with Crippen molar-refractivity contribution in [3.63, 3.8) is 0 Å². The second-order valence-electron chi connectivity index (χ2n) is 8.78. The summed E-state index contributed by atoms with van der Waals surface area (Å²) in [5, 5.41) is 5.51. The van der Waals surface area contributed by atoms with Gasteiger partial charge in [0.2, 0.25) is 5.78 Å². The quantitative estimate of drug-likeness (QED) is 0.332. The maximum absolute atomic E-state index is 13.6. The normalized spacial score (nSPS) is 19.5. The molecule has 190 valence electrons. The molecule has 9 heteroatoms. The fourth-order valence-corrected chi connectivity index (χ4v) is 4.64. The molecular formula is C27H26F4N2O3. The molecule has 0 bridgehead atoms. The molecule has 0 saturated carbocycles. The highest BCUT2D eigenvalue weighted by Gasteiger charge is 2.49. The van der Waals surface area contributed by atoms with Crippen molar-refractivity contribution in [2.45, 2.75) is 32.0 Å². The monoisotopic (exact) mass is 502 g/mol. The van der Waals surface area contributed by atoms with E-state index < -0.39 is 29.4 Å². The van der Waals surface area contributed by atoms with Gasteiger partial charge >= 0.3 is 12.1 Å². The van der Waals surface area contributed by atoms with Crippen LogP contribution >= 0.6 is 0 Å². The molecule has 0 spiro atoms. The van der Waals surface area contributed by atoms with Crippen molar-refractivity contribution < 1.29 is 31.9 Å². The van der Waals surface area contributed by atoms with Crippen LogP contribution < -0.4 is 10.6 Å². The fraction of sp³-hybridized carbons (Fsp3) is 0.333. The summed E-state index contributed by atoms with van der Waals surface area (Å²) in [7, 11) is 0. The number of rotatable bonds is 6. The molecule has 4 rings (SSSR count). The summed E-state index contributed by atoms with van der Waals surface area (Å²) >= 11 is 0. The number of ketones is 1. The molecule has 1 atom stereocenters. The number of benzene rings is 2. The third-order valence-corrected chi connectivity index (χ3v) is 6.57. The average molecular weight is 503 g/mol. The van der Waals surface area contributed by atoms with Gasteiger partial charge in [0.25, 0.3) is 0 Å². The van der Waals surface area contributed by atoms with Gasteiger partial charge in [0.1, 0.15) is 11.9 Å². The number of ether oxygens (including phenoxy) is 1. The molecule has 0 aliphatic carbocycles. The Bertz CT molecular complexity index is 1180. The number of allylic oxidation sites excluding steroid dienone is 2. The highest BCUT2D eigenvalue weighted by molar-refractivity contribution is 6.10. The molecule has 1 saturated heterocycles. The Morgan fingerprint density at radius 1 is 1.00 bits per heavy atom. The lowest BCUT2D eigenvalue weighted by Crippen LogP contribution is -2.49. The molecule has 2 aromatic carbocycles. The van der Waals surface area contributed by atoms with Crippen molar-refractivity contribution >= 4 is 11.8 Å². The van der Waals surface area contributed by atoms with Gasteiger partial charge in [-0.2, -0.15) is 13.2 Å². The summed E-state index contributed by atoms with van der Waals surface area (Å²) < 4.78 is 59.4. The number of hydrogen-bond donors (Lipinski definition) is 2. The molecule has 0 radical (unpaired) electrons. The van der Waals surface area contributed by atoms with E-state index in [0.717, 1.165) is 11.6 Å². The molecule has 2 aliphatic rings. The second-order valence-corrected chi connectivity index (χ2v) is 8.78. The standard InChI is InChI=1S/C27H26F4N2O3/c1-2-36-25(35)26(13-15-32-16-14-26)21-11-12-22(27(29,30)31)33-23(21)24(34)19-5-3-17(4-6-19)18-7-9-20(28)10-8-18/h3-12,22,32-33H,2,13-16H2,1H3/t22-/m1/s1. The lowest BCUT2D eigenvalue weighted by molar-refractivity contribution is -0.154. The van der Waals surface area contributed by atoms with Crippen LogP contribution in [0.5, 0.6) is 0 Å². The SMILES string of the molecule is CCOC(=O)C1(C2=C(C(=O)c3ccc(-c4ccc(F)cc4)cc3)N[C@@H](C(F)(F)F)C=C2)CCNCC1. The van der Waals surface area contributed by atoms with Crippen LogP contribution in [-0.2, 0) is 9.53 Å². The van der Waals surface area contributed by atoms with Crippen molar-refractivity contribution in [1.82, 2.24) is 10.6 Å². The number of alkyl halides is 3. The summed E-state index contributed by atoms with van der Waals surface area (Å²) in [6, 6.07) is 10.0. The van der Waals surface area contributed by atoms with Crippen LogP contribution in [0.2, 0.25) is 0 Å². The van der Waals surface area contributed by atoms with Crippen LogP contribution in [-0.4, -0.2) is 43.7 Å². The molecular weight excluding hydrogens is 476 g/mol. The van der Waals surface area contributed by atoms with Crippen LogP contribution in [0.3, 0.4) is 0 Å². The van der Waals surface area contributed by atoms with Gasteiger partial charge in [-0.3, -0.25) is 9.59 Å². The van der Waals surface area contributed by atoms with E-state index in [-0.39, 0.29) is 42.1 Å². The number of carbonyl (C=O) groups excluding carboxylic acids is 2. The van der Waals surface area contributed by atoms with Crippen molar-refractivity contribution in [2.75, 3.05) is 19.7 Å². The average Bonchev–Trinajstić information content (AvgIpc) is 2.88. The smallest absolute Gasteiger partial charge is 0.412 e. The van der Waals surface area contributed by atoms with E-state index in [1.54, 1.807) is 31.2 Å². The van der Waals surface area contributed by atoms with E-state index >= 15 is 0 Å². The lowest BCUT2D eigenvalue weighted by Gasteiger charge is -2.39. The zero-order valence-corrected chi connectivity index (χ0v) is 19.6. The molecule has 36 heavy (non-hydrogen) atoms. The van der Waals surface area contributed by atoms with Crippen molar-refractivity contribution in [3.8, 4) is 11.1 Å². The number of carbonyl (C=O) groups is 2. The molecule has 0 amide bonds. The number of hydrogen-bond acceptors (Lipinski definition) is 5. The van der Waals surface area contributed by atoms with E-state index in [2.05, 4.69) is 10.6 Å². The summed E-state index contributed by atoms with van der Waals surface area (Å²) in [4.78, 5) is 26.7. The van der Waals surface area contributed by atoms with Crippen LogP contribution in [0.4, 0.5) is 17.6 Å². The highest BCUT2D eigenvalue weighted by atomic mass is 19.4. The Kier molecular flexibility index (Phi) is 7.31. The van der Waals surface area contributed by atoms with Gasteiger partial charge < -0.3 is 15.4 Å². The molecule has 0 aromatic heterocycles. The van der Waals surface area contributed by atoms with Gasteiger partial charge in [0.05, 0.1) is 17.7 Å². The Balaban J connectivity index is 1.76. The largest absolute Gasteiger partial charge is 0.465 e. The minimum Gasteiger partial charge on any atom is -0.465 e. The molecule has 0 unspecified atom stereocenters. The number of dihydropyridines is 1. The van der Waals surface area contributed by atoms with Gasteiger partial charge in [0.15, 0.2) is 0 Å². The van der Waals surface area contributed by atoms with Crippen molar-refractivity contribution in [3.05, 3.63) is 83.3 Å². The first-order valence-electron chi connectivity index (χ1n) is 11.7. The van der Waals surface area contributed by atoms with E-state index in [1.807, 2.05) is 0 Å². The van der Waals surface area contributed by atoms with E-state index in [0.29, 0.717) is 18.7 Å². The zero-order chi connectivity index (χ0) is 25.9.